The van der Waals surface area contributed by atoms with Gasteiger partial charge in [0.05, 0.1) is 5.92 Å². The van der Waals surface area contributed by atoms with Crippen molar-refractivity contribution in [3.05, 3.63) is 0 Å². The maximum absolute atomic E-state index is 12.2. The molecular weight excluding hydrogens is 268 g/mol. The molecule has 21 heavy (non-hydrogen) atoms. The number of hydrogen-bond donors (Lipinski definition) is 2. The van der Waals surface area contributed by atoms with Gasteiger partial charge in [-0.05, 0) is 32.1 Å². The van der Waals surface area contributed by atoms with Gasteiger partial charge in [-0.2, -0.15) is 0 Å². The van der Waals surface area contributed by atoms with E-state index in [2.05, 4.69) is 26.1 Å². The summed E-state index contributed by atoms with van der Waals surface area (Å²) in [6.07, 6.45) is 2.23. The quantitative estimate of drug-likeness (QED) is 0.757. The summed E-state index contributed by atoms with van der Waals surface area (Å²) in [5.41, 5.74) is 0.0340. The van der Waals surface area contributed by atoms with E-state index in [1.165, 1.54) is 0 Å². The van der Waals surface area contributed by atoms with E-state index in [9.17, 15) is 9.59 Å². The highest BCUT2D eigenvalue weighted by atomic mass is 16.4. The largest absolute Gasteiger partial charge is 0.481 e. The minimum atomic E-state index is -0.759. The molecule has 0 aliphatic carbocycles. The highest BCUT2D eigenvalue weighted by Crippen LogP contribution is 2.23. The lowest BCUT2D eigenvalue weighted by Crippen LogP contribution is -2.49. The highest BCUT2D eigenvalue weighted by Gasteiger charge is 2.27. The Kier molecular flexibility index (Phi) is 7.75. The van der Waals surface area contributed by atoms with E-state index < -0.39 is 5.97 Å². The molecule has 0 bridgehead atoms. The van der Waals surface area contributed by atoms with E-state index in [-0.39, 0.29) is 29.4 Å². The molecule has 0 saturated heterocycles. The van der Waals surface area contributed by atoms with E-state index in [0.717, 1.165) is 12.8 Å². The molecule has 5 heteroatoms. The number of aliphatic carboxylic acids is 1. The van der Waals surface area contributed by atoms with Crippen molar-refractivity contribution >= 4 is 12.0 Å². The third-order valence-electron chi connectivity index (χ3n) is 4.22. The minimum absolute atomic E-state index is 0.0340. The van der Waals surface area contributed by atoms with Crippen LogP contribution in [-0.4, -0.2) is 41.1 Å². The molecule has 2 amide bonds. The average Bonchev–Trinajstić information content (AvgIpc) is 2.35. The first kappa shape index (κ1) is 19.7. The molecule has 0 aromatic carbocycles. The number of rotatable bonds is 7. The second-order valence-corrected chi connectivity index (χ2v) is 7.17. The van der Waals surface area contributed by atoms with Gasteiger partial charge in [-0.15, -0.1) is 0 Å². The predicted molar refractivity (Wildman–Crippen MR) is 85.3 cm³/mol. The Morgan fingerprint density at radius 3 is 2.10 bits per heavy atom. The number of carboxylic acid groups (broad SMARTS) is 1. The number of carbonyl (C=O) groups excluding carboxylic acids is 1. The van der Waals surface area contributed by atoms with Crippen molar-refractivity contribution in [2.24, 2.45) is 11.3 Å². The van der Waals surface area contributed by atoms with Gasteiger partial charge in [-0.3, -0.25) is 4.79 Å². The van der Waals surface area contributed by atoms with Crippen LogP contribution in [0.4, 0.5) is 4.79 Å². The standard InChI is InChI=1S/C16H32N2O3/c1-11(14(19)20)9-8-10-12(2)17-15(21)18(7)13(3)16(4,5)6/h11-13H,8-10H2,1-7H3,(H,17,21)(H,19,20). The molecule has 0 rings (SSSR count). The first-order valence-corrected chi connectivity index (χ1v) is 7.73. The second-order valence-electron chi connectivity index (χ2n) is 7.17. The molecule has 0 radical (unpaired) electrons. The molecule has 0 fully saturated rings. The fourth-order valence-corrected chi connectivity index (χ4v) is 2.00. The molecule has 0 aromatic heterocycles. The van der Waals surface area contributed by atoms with E-state index in [4.69, 9.17) is 5.11 Å². The normalized spacial score (nSPS) is 16.0. The number of hydrogen-bond acceptors (Lipinski definition) is 2. The van der Waals surface area contributed by atoms with Gasteiger partial charge >= 0.3 is 12.0 Å². The van der Waals surface area contributed by atoms with Crippen LogP contribution in [0.25, 0.3) is 0 Å². The van der Waals surface area contributed by atoms with Crippen LogP contribution < -0.4 is 5.32 Å². The van der Waals surface area contributed by atoms with Crippen molar-refractivity contribution in [1.29, 1.82) is 0 Å². The number of nitrogens with one attached hydrogen (secondary N) is 1. The van der Waals surface area contributed by atoms with Crippen LogP contribution in [0.5, 0.6) is 0 Å². The monoisotopic (exact) mass is 300 g/mol. The lowest BCUT2D eigenvalue weighted by molar-refractivity contribution is -0.141. The van der Waals surface area contributed by atoms with E-state index in [1.54, 1.807) is 11.8 Å². The summed E-state index contributed by atoms with van der Waals surface area (Å²) < 4.78 is 0. The predicted octanol–water partition coefficient (Wildman–Crippen LogP) is 3.34. The Morgan fingerprint density at radius 1 is 1.14 bits per heavy atom. The van der Waals surface area contributed by atoms with Gasteiger partial charge in [0.1, 0.15) is 0 Å². The minimum Gasteiger partial charge on any atom is -0.481 e. The average molecular weight is 300 g/mol. The number of carboxylic acids is 1. The molecule has 3 unspecified atom stereocenters. The smallest absolute Gasteiger partial charge is 0.317 e. The van der Waals surface area contributed by atoms with Crippen LogP contribution in [0.2, 0.25) is 0 Å². The van der Waals surface area contributed by atoms with Crippen LogP contribution in [0.1, 0.15) is 60.8 Å². The maximum Gasteiger partial charge on any atom is 0.317 e. The summed E-state index contributed by atoms with van der Waals surface area (Å²) >= 11 is 0. The molecule has 0 heterocycles. The molecule has 3 atom stereocenters. The molecule has 5 nitrogen and oxygen atoms in total. The molecule has 0 spiro atoms. The fraction of sp³-hybridized carbons (Fsp3) is 0.875. The Hall–Kier alpha value is -1.26. The zero-order valence-electron chi connectivity index (χ0n) is 14.6. The van der Waals surface area contributed by atoms with Crippen LogP contribution >= 0.6 is 0 Å². The van der Waals surface area contributed by atoms with Crippen molar-refractivity contribution < 1.29 is 14.7 Å². The lowest BCUT2D eigenvalue weighted by atomic mass is 9.87. The maximum atomic E-state index is 12.2. The number of urea groups is 1. The van der Waals surface area contributed by atoms with Crippen molar-refractivity contribution in [3.63, 3.8) is 0 Å². The van der Waals surface area contributed by atoms with Crippen molar-refractivity contribution in [2.45, 2.75) is 72.9 Å². The third kappa shape index (κ3) is 7.34. The molecule has 124 valence electrons. The van der Waals surface area contributed by atoms with Gasteiger partial charge in [-0.25, -0.2) is 4.79 Å². The summed E-state index contributed by atoms with van der Waals surface area (Å²) in [7, 11) is 1.81. The van der Waals surface area contributed by atoms with Crippen LogP contribution in [0.3, 0.4) is 0 Å². The van der Waals surface area contributed by atoms with Gasteiger partial charge in [0.2, 0.25) is 0 Å². The van der Waals surface area contributed by atoms with Gasteiger partial charge in [0.15, 0.2) is 0 Å². The number of carbonyl (C=O) groups is 2. The molecular formula is C16H32N2O3. The zero-order valence-corrected chi connectivity index (χ0v) is 14.6. The van der Waals surface area contributed by atoms with Gasteiger partial charge < -0.3 is 15.3 Å². The topological polar surface area (TPSA) is 69.6 Å². The Labute approximate surface area is 129 Å². The Bertz CT molecular complexity index is 350. The molecule has 2 N–H and O–H groups in total. The van der Waals surface area contributed by atoms with Crippen LogP contribution in [0, 0.1) is 11.3 Å². The fourth-order valence-electron chi connectivity index (χ4n) is 2.00. The molecule has 0 aromatic rings. The van der Waals surface area contributed by atoms with E-state index in [0.29, 0.717) is 6.42 Å². The van der Waals surface area contributed by atoms with Gasteiger partial charge in [0, 0.05) is 19.1 Å². The summed E-state index contributed by atoms with van der Waals surface area (Å²) in [4.78, 5) is 24.6. The summed E-state index contributed by atoms with van der Waals surface area (Å²) in [6, 6.07) is 0.112. The Morgan fingerprint density at radius 2 is 1.67 bits per heavy atom. The Balaban J connectivity index is 4.18. The molecule has 0 aliphatic heterocycles. The molecule has 0 saturated carbocycles. The van der Waals surface area contributed by atoms with E-state index >= 15 is 0 Å². The van der Waals surface area contributed by atoms with Crippen LogP contribution in [0.15, 0.2) is 0 Å². The third-order valence-corrected chi connectivity index (χ3v) is 4.22. The van der Waals surface area contributed by atoms with E-state index in [1.807, 2.05) is 20.9 Å². The van der Waals surface area contributed by atoms with Crippen molar-refractivity contribution in [2.75, 3.05) is 7.05 Å². The van der Waals surface area contributed by atoms with Crippen molar-refractivity contribution in [1.82, 2.24) is 10.2 Å². The lowest BCUT2D eigenvalue weighted by Gasteiger charge is -2.36. The SMILES string of the molecule is CC(CCCC(C)C(=O)O)NC(=O)N(C)C(C)C(C)(C)C. The number of nitrogens with zero attached hydrogens (tertiary/aromatic N) is 1. The first-order valence-electron chi connectivity index (χ1n) is 7.73. The summed E-state index contributed by atoms with van der Waals surface area (Å²) in [6.45, 7) is 12.0. The zero-order chi connectivity index (χ0) is 16.8. The first-order chi connectivity index (χ1) is 9.46. The number of amides is 2. The van der Waals surface area contributed by atoms with Gasteiger partial charge in [-0.1, -0.05) is 34.1 Å². The van der Waals surface area contributed by atoms with Crippen molar-refractivity contribution in [3.8, 4) is 0 Å². The summed E-state index contributed by atoms with van der Waals surface area (Å²) in [5.74, 6) is -1.08. The molecule has 0 aliphatic rings. The highest BCUT2D eigenvalue weighted by molar-refractivity contribution is 5.74. The second kappa shape index (κ2) is 8.25. The summed E-state index contributed by atoms with van der Waals surface area (Å²) in [5, 5.41) is 11.8. The van der Waals surface area contributed by atoms with Crippen LogP contribution in [-0.2, 0) is 4.79 Å². The van der Waals surface area contributed by atoms with Gasteiger partial charge in [0.25, 0.3) is 0 Å².